The van der Waals surface area contributed by atoms with Crippen LogP contribution < -0.4 is 33.4 Å². The molecule has 0 saturated carbocycles. The number of pyridine rings is 6. The number of carbonyl (C=O) groups is 1. The Morgan fingerprint density at radius 2 is 0.989 bits per heavy atom. The lowest BCUT2D eigenvalue weighted by atomic mass is 10.1. The van der Waals surface area contributed by atoms with Crippen LogP contribution >= 0.6 is 11.6 Å². The summed E-state index contributed by atoms with van der Waals surface area (Å²) in [5.74, 6) is -0.518. The van der Waals surface area contributed by atoms with Gasteiger partial charge >= 0.3 is 11.8 Å². The van der Waals surface area contributed by atoms with Crippen molar-refractivity contribution < 1.29 is 32.2 Å². The summed E-state index contributed by atoms with van der Waals surface area (Å²) in [5.41, 5.74) is 7.13. The summed E-state index contributed by atoms with van der Waals surface area (Å²) in [6, 6.07) is 45.6. The summed E-state index contributed by atoms with van der Waals surface area (Å²) in [6.07, 6.45) is 6.21. The van der Waals surface area contributed by atoms with Gasteiger partial charge in [-0.15, -0.1) is 0 Å². The third kappa shape index (κ3) is 14.5. The van der Waals surface area contributed by atoms with Gasteiger partial charge < -0.3 is 29.2 Å². The number of alkyl halides is 3. The maximum Gasteiger partial charge on any atom is 0.417 e. The molecule has 0 aliphatic carbocycles. The fourth-order valence-corrected chi connectivity index (χ4v) is 9.40. The molecular formula is C63H46ClF3N10O10. The van der Waals surface area contributed by atoms with Gasteiger partial charge in [-0.25, -0.2) is 4.79 Å². The van der Waals surface area contributed by atoms with Crippen molar-refractivity contribution in [3.05, 3.63) is 308 Å². The second-order valence-electron chi connectivity index (χ2n) is 19.0. The van der Waals surface area contributed by atoms with Gasteiger partial charge in [0.1, 0.15) is 0 Å². The number of carbonyl (C=O) groups excluding carboxylic acids is 1. The van der Waals surface area contributed by atoms with E-state index < -0.39 is 38.1 Å². The maximum absolute atomic E-state index is 13.1. The first-order chi connectivity index (χ1) is 41.8. The molecule has 5 aromatic carbocycles. The predicted octanol–water partition coefficient (Wildman–Crippen LogP) is 11.4. The molecule has 0 atom stereocenters. The number of aromatic nitrogens is 6. The van der Waals surface area contributed by atoms with Crippen LogP contribution in [0.4, 0.5) is 35.9 Å². The number of halogens is 4. The number of non-ortho nitro benzene ring substituents is 2. The highest BCUT2D eigenvalue weighted by atomic mass is 35.5. The highest BCUT2D eigenvalue weighted by molar-refractivity contribution is 6.31. The molecule has 12 aromatic rings. The molecule has 7 aromatic heterocycles. The second kappa shape index (κ2) is 26.8. The zero-order valence-electron chi connectivity index (χ0n) is 45.3. The average molecular weight is 1200 g/mol. The Hall–Kier alpha value is -11.5. The van der Waals surface area contributed by atoms with Gasteiger partial charge in [-0.3, -0.25) is 54.4 Å². The first-order valence-electron chi connectivity index (χ1n) is 26.1. The Morgan fingerprint density at radius 1 is 0.540 bits per heavy atom. The number of hydrogen-bond donors (Lipinski definition) is 2. The molecule has 87 heavy (non-hydrogen) atoms. The van der Waals surface area contributed by atoms with E-state index in [0.29, 0.717) is 63.3 Å². The van der Waals surface area contributed by atoms with E-state index >= 15 is 0 Å². The van der Waals surface area contributed by atoms with E-state index in [2.05, 4.69) is 24.7 Å². The van der Waals surface area contributed by atoms with Gasteiger partial charge in [0.2, 0.25) is 5.91 Å². The zero-order valence-corrected chi connectivity index (χ0v) is 46.0. The molecule has 12 rings (SSSR count). The molecule has 0 saturated heterocycles. The number of benzene rings is 5. The Kier molecular flexibility index (Phi) is 18.6. The lowest BCUT2D eigenvalue weighted by Gasteiger charge is -2.13. The van der Waals surface area contributed by atoms with Crippen LogP contribution in [0.1, 0.15) is 28.2 Å². The van der Waals surface area contributed by atoms with Crippen LogP contribution in [0.25, 0.3) is 43.1 Å². The molecule has 0 fully saturated rings. The zero-order chi connectivity index (χ0) is 61.8. The number of fused-ring (bicyclic) bond motifs is 4. The van der Waals surface area contributed by atoms with Crippen molar-refractivity contribution in [3.63, 3.8) is 0 Å². The monoisotopic (exact) mass is 1190 g/mol. The Morgan fingerprint density at radius 3 is 1.48 bits per heavy atom. The van der Waals surface area contributed by atoms with Gasteiger partial charge in [-0.2, -0.15) is 13.2 Å². The number of nitrogen functional groups attached to an aromatic ring is 1. The SMILES string of the molecule is Nc1cccc2c(=O)n(Cc3ccccn3)ccc12.O=C(Cc1ccc(Cl)c(C(F)(F)F)c1)Nc1cccc2c(=O)n(Cc3ccccn3)ccc12.O=c1c2cccc([N+](=O)[O-])c2ccn1Cc1ccccn1.O=c1occc2c([N+](=O)[O-])cccc12. The molecule has 1 amide bonds. The normalized spacial score (nSPS) is 10.9. The molecule has 0 bridgehead atoms. The minimum atomic E-state index is -4.62. The first kappa shape index (κ1) is 60.1. The topological polar surface area (TPSA) is 276 Å². The van der Waals surface area contributed by atoms with Crippen molar-refractivity contribution in [3.8, 4) is 0 Å². The third-order valence-electron chi connectivity index (χ3n) is 13.3. The lowest BCUT2D eigenvalue weighted by molar-refractivity contribution is -0.383. The Balaban J connectivity index is 0.000000145. The minimum absolute atomic E-state index is 0.0459. The number of anilines is 2. The number of nitro benzene ring substituents is 2. The summed E-state index contributed by atoms with van der Waals surface area (Å²) < 4.78 is 48.5. The molecule has 436 valence electrons. The van der Waals surface area contributed by atoms with Crippen LogP contribution in [0, 0.1) is 20.2 Å². The second-order valence-corrected chi connectivity index (χ2v) is 19.4. The van der Waals surface area contributed by atoms with Gasteiger partial charge in [0.25, 0.3) is 28.1 Å². The van der Waals surface area contributed by atoms with Crippen LogP contribution in [0.2, 0.25) is 5.02 Å². The molecule has 0 aliphatic rings. The van der Waals surface area contributed by atoms with Gasteiger partial charge in [0, 0.05) is 82.2 Å². The highest BCUT2D eigenvalue weighted by Crippen LogP contribution is 2.35. The Bertz CT molecular complexity index is 4780. The van der Waals surface area contributed by atoms with Gasteiger partial charge in [0.15, 0.2) is 0 Å². The summed E-state index contributed by atoms with van der Waals surface area (Å²) >= 11 is 5.64. The van der Waals surface area contributed by atoms with E-state index in [1.165, 1.54) is 51.6 Å². The van der Waals surface area contributed by atoms with Crippen LogP contribution in [-0.2, 0) is 37.0 Å². The molecule has 0 aliphatic heterocycles. The van der Waals surface area contributed by atoms with E-state index in [4.69, 9.17) is 17.3 Å². The van der Waals surface area contributed by atoms with Crippen LogP contribution in [0.3, 0.4) is 0 Å². The van der Waals surface area contributed by atoms with Crippen LogP contribution in [0.5, 0.6) is 0 Å². The van der Waals surface area contributed by atoms with Crippen molar-refractivity contribution in [1.82, 2.24) is 28.7 Å². The summed E-state index contributed by atoms with van der Waals surface area (Å²) in [6.45, 7) is 1.09. The smallest absolute Gasteiger partial charge is 0.417 e. The number of nitrogens with zero attached hydrogens (tertiary/aromatic N) is 8. The fourth-order valence-electron chi connectivity index (χ4n) is 9.17. The van der Waals surface area contributed by atoms with E-state index in [9.17, 15) is 57.4 Å². The summed E-state index contributed by atoms with van der Waals surface area (Å²) in [5, 5.41) is 27.4. The number of nitrogens with two attached hydrogens (primary N) is 1. The van der Waals surface area contributed by atoms with Crippen molar-refractivity contribution in [1.29, 1.82) is 0 Å². The van der Waals surface area contributed by atoms with Crippen LogP contribution in [0.15, 0.2) is 237 Å². The van der Waals surface area contributed by atoms with Crippen LogP contribution in [-0.4, -0.2) is 44.4 Å². The minimum Gasteiger partial charge on any atom is -0.431 e. The van der Waals surface area contributed by atoms with E-state index in [1.807, 2.05) is 48.5 Å². The molecule has 7 heterocycles. The van der Waals surface area contributed by atoms with Gasteiger partial charge in [-0.05, 0) is 115 Å². The van der Waals surface area contributed by atoms with Gasteiger partial charge in [-0.1, -0.05) is 60.1 Å². The molecular weight excluding hydrogens is 1150 g/mol. The third-order valence-corrected chi connectivity index (χ3v) is 13.7. The largest absolute Gasteiger partial charge is 0.431 e. The molecule has 3 N–H and O–H groups in total. The van der Waals surface area contributed by atoms with E-state index in [1.54, 1.807) is 108 Å². The predicted molar refractivity (Wildman–Crippen MR) is 324 cm³/mol. The fraction of sp³-hybridized carbons (Fsp3) is 0.0794. The Labute approximate surface area is 493 Å². The molecule has 0 unspecified atom stereocenters. The van der Waals surface area contributed by atoms with Crippen molar-refractivity contribution >= 4 is 83.3 Å². The number of rotatable bonds is 11. The van der Waals surface area contributed by atoms with Gasteiger partial charge in [0.05, 0.1) is 91.4 Å². The maximum atomic E-state index is 13.1. The summed E-state index contributed by atoms with van der Waals surface area (Å²) in [7, 11) is 0. The first-order valence-corrected chi connectivity index (χ1v) is 26.5. The number of nitro groups is 2. The van der Waals surface area contributed by atoms with Crippen molar-refractivity contribution in [2.24, 2.45) is 0 Å². The molecule has 20 nitrogen and oxygen atoms in total. The molecule has 0 spiro atoms. The van der Waals surface area contributed by atoms with Crippen molar-refractivity contribution in [2.45, 2.75) is 32.2 Å². The molecule has 24 heteroatoms. The molecule has 0 radical (unpaired) electrons. The quantitative estimate of drug-likeness (QED) is 0.0692. The van der Waals surface area contributed by atoms with E-state index in [-0.39, 0.29) is 45.4 Å². The number of hydrogen-bond acceptors (Lipinski definition) is 14. The number of amides is 1. The number of nitrogens with one attached hydrogen (secondary N) is 1. The highest BCUT2D eigenvalue weighted by Gasteiger charge is 2.33. The lowest BCUT2D eigenvalue weighted by Crippen LogP contribution is -2.21. The van der Waals surface area contributed by atoms with E-state index in [0.717, 1.165) is 40.9 Å². The average Bonchev–Trinajstić information content (AvgIpc) is 2.04. The van der Waals surface area contributed by atoms with Crippen molar-refractivity contribution in [2.75, 3.05) is 11.1 Å². The standard InChI is InChI=1S/C24H17ClF3N3O2.C15H11N3O3.C15H13N3O.C9H5NO4/c25-20-8-7-15(12-19(20)24(26,27)28)13-22(32)30-21-6-3-5-18-17(21)9-11-31(23(18)33)14-16-4-1-2-10-29-16;19-15-13-5-3-6-14(18(20)21)12(13)7-9-17(15)10-11-4-1-2-8-16-11;16-14-6-3-5-13-12(14)7-9-18(15(13)19)10-11-4-1-2-8-17-11;11-9-7-2-1-3-8(10(12)13)6(7)4-5-14-9/h1-12H,13-14H2,(H,30,32);1-9H,10H2;1-9H,10,16H2;1-5H. The summed E-state index contributed by atoms with van der Waals surface area (Å²) in [4.78, 5) is 94.6.